The predicted octanol–water partition coefficient (Wildman–Crippen LogP) is 3.90. The molecule has 6 heteroatoms. The van der Waals surface area contributed by atoms with Crippen molar-refractivity contribution in [2.24, 2.45) is 0 Å². The number of hydrogen-bond acceptors (Lipinski definition) is 5. The first-order chi connectivity index (χ1) is 14.1. The number of fused-ring (bicyclic) bond motifs is 1. The topological polar surface area (TPSA) is 65.5 Å². The van der Waals surface area contributed by atoms with Crippen LogP contribution in [0.2, 0.25) is 0 Å². The van der Waals surface area contributed by atoms with Gasteiger partial charge in [-0.3, -0.25) is 14.7 Å². The Kier molecular flexibility index (Phi) is 5.92. The van der Waals surface area contributed by atoms with Crippen LogP contribution in [0.1, 0.15) is 44.5 Å². The molecule has 1 aliphatic heterocycles. The van der Waals surface area contributed by atoms with E-state index in [0.29, 0.717) is 6.54 Å². The lowest BCUT2D eigenvalue weighted by Crippen LogP contribution is -2.31. The number of carbonyl (C=O) groups excluding carboxylic acids is 1. The van der Waals surface area contributed by atoms with Gasteiger partial charge < -0.3 is 10.4 Å². The Morgan fingerprint density at radius 1 is 1.21 bits per heavy atom. The summed E-state index contributed by atoms with van der Waals surface area (Å²) >= 11 is 1.67. The lowest BCUT2D eigenvalue weighted by molar-refractivity contribution is 0.0949. The molecular weight excluding hydrogens is 382 g/mol. The van der Waals surface area contributed by atoms with Crippen LogP contribution in [0.15, 0.2) is 48.0 Å². The van der Waals surface area contributed by atoms with Gasteiger partial charge in [0.15, 0.2) is 0 Å². The van der Waals surface area contributed by atoms with Crippen LogP contribution in [0.4, 0.5) is 0 Å². The Balaban J connectivity index is 1.37. The minimum absolute atomic E-state index is 0.0270. The van der Waals surface area contributed by atoms with Crippen LogP contribution >= 0.6 is 11.3 Å². The molecule has 0 fully saturated rings. The molecule has 0 aliphatic carbocycles. The van der Waals surface area contributed by atoms with Crippen molar-refractivity contribution in [3.05, 3.63) is 80.8 Å². The minimum Gasteiger partial charge on any atom is -0.508 e. The fourth-order valence-electron chi connectivity index (χ4n) is 3.59. The number of nitrogens with one attached hydrogen (secondary N) is 1. The lowest BCUT2D eigenvalue weighted by atomic mass is 10.0. The molecule has 29 heavy (non-hydrogen) atoms. The molecule has 0 bridgehead atoms. The van der Waals surface area contributed by atoms with E-state index in [-0.39, 0.29) is 11.7 Å². The molecule has 2 N–H and O–H groups in total. The van der Waals surface area contributed by atoms with Crippen molar-refractivity contribution in [3.8, 4) is 5.75 Å². The van der Waals surface area contributed by atoms with Gasteiger partial charge in [0.2, 0.25) is 0 Å². The maximum absolute atomic E-state index is 12.7. The number of aromatic hydroxyl groups is 1. The molecule has 0 radical (unpaired) electrons. The third-order valence-electron chi connectivity index (χ3n) is 5.34. The number of pyridine rings is 1. The van der Waals surface area contributed by atoms with Crippen LogP contribution in [-0.4, -0.2) is 27.4 Å². The Morgan fingerprint density at radius 3 is 2.72 bits per heavy atom. The maximum Gasteiger partial charge on any atom is 0.252 e. The minimum atomic E-state index is -0.0270. The van der Waals surface area contributed by atoms with E-state index < -0.39 is 0 Å². The Hall–Kier alpha value is -2.70. The summed E-state index contributed by atoms with van der Waals surface area (Å²) in [6.45, 7) is 5.22. The van der Waals surface area contributed by atoms with Crippen LogP contribution in [0.5, 0.6) is 5.75 Å². The third kappa shape index (κ3) is 4.66. The first kappa shape index (κ1) is 19.6. The summed E-state index contributed by atoms with van der Waals surface area (Å²) in [5.74, 6) is 0.203. The van der Waals surface area contributed by atoms with Crippen molar-refractivity contribution in [1.29, 1.82) is 0 Å². The maximum atomic E-state index is 12.7. The zero-order chi connectivity index (χ0) is 20.2. The van der Waals surface area contributed by atoms with E-state index >= 15 is 0 Å². The number of nitrogens with zero attached hydrogens (tertiary/aromatic N) is 2. The van der Waals surface area contributed by atoms with Gasteiger partial charge in [-0.2, -0.15) is 0 Å². The zero-order valence-electron chi connectivity index (χ0n) is 16.5. The van der Waals surface area contributed by atoms with Crippen molar-refractivity contribution in [1.82, 2.24) is 15.2 Å². The van der Waals surface area contributed by atoms with Crippen LogP contribution in [-0.2, 0) is 32.5 Å². The predicted molar refractivity (Wildman–Crippen MR) is 115 cm³/mol. The van der Waals surface area contributed by atoms with Gasteiger partial charge in [0, 0.05) is 42.6 Å². The second-order valence-electron chi connectivity index (χ2n) is 7.37. The molecule has 0 spiro atoms. The molecule has 1 aliphatic rings. The van der Waals surface area contributed by atoms with Crippen molar-refractivity contribution in [3.63, 3.8) is 0 Å². The number of phenols is 1. The normalized spacial score (nSPS) is 13.8. The largest absolute Gasteiger partial charge is 0.508 e. The van der Waals surface area contributed by atoms with Gasteiger partial charge in [0.05, 0.1) is 11.3 Å². The van der Waals surface area contributed by atoms with Crippen LogP contribution < -0.4 is 5.32 Å². The van der Waals surface area contributed by atoms with Gasteiger partial charge >= 0.3 is 0 Å². The van der Waals surface area contributed by atoms with Crippen molar-refractivity contribution >= 4 is 17.2 Å². The number of carbonyl (C=O) groups is 1. The summed E-state index contributed by atoms with van der Waals surface area (Å²) in [5, 5.41) is 14.3. The summed E-state index contributed by atoms with van der Waals surface area (Å²) in [6, 6.07) is 11.2. The van der Waals surface area contributed by atoms with Gasteiger partial charge in [0.25, 0.3) is 5.91 Å². The average Bonchev–Trinajstić information content (AvgIpc) is 3.17. The molecule has 0 saturated carbocycles. The highest BCUT2D eigenvalue weighted by Gasteiger charge is 2.24. The van der Waals surface area contributed by atoms with Crippen molar-refractivity contribution in [2.75, 3.05) is 6.54 Å². The Morgan fingerprint density at radius 2 is 2.00 bits per heavy atom. The van der Waals surface area contributed by atoms with E-state index in [1.165, 1.54) is 16.0 Å². The van der Waals surface area contributed by atoms with Crippen LogP contribution in [0, 0.1) is 0 Å². The number of aryl methyl sites for hydroxylation is 1. The van der Waals surface area contributed by atoms with Gasteiger partial charge in [-0.1, -0.05) is 25.1 Å². The zero-order valence-corrected chi connectivity index (χ0v) is 17.3. The molecule has 3 aromatic rings. The smallest absolute Gasteiger partial charge is 0.252 e. The first-order valence-corrected chi connectivity index (χ1v) is 10.8. The second-order valence-corrected chi connectivity index (χ2v) is 8.34. The van der Waals surface area contributed by atoms with E-state index in [1.807, 2.05) is 23.7 Å². The first-order valence-electron chi connectivity index (χ1n) is 9.94. The molecule has 0 atom stereocenters. The molecule has 5 nitrogen and oxygen atoms in total. The van der Waals surface area contributed by atoms with Crippen molar-refractivity contribution in [2.45, 2.75) is 39.4 Å². The van der Waals surface area contributed by atoms with Gasteiger partial charge in [-0.05, 0) is 47.7 Å². The molecule has 0 unspecified atom stereocenters. The summed E-state index contributed by atoms with van der Waals surface area (Å²) in [7, 11) is 0. The average molecular weight is 408 g/mol. The van der Waals surface area contributed by atoms with Crippen LogP contribution in [0.25, 0.3) is 0 Å². The van der Waals surface area contributed by atoms with E-state index in [2.05, 4.69) is 34.3 Å². The van der Waals surface area contributed by atoms with Gasteiger partial charge in [0.1, 0.15) is 5.75 Å². The number of benzene rings is 1. The summed E-state index contributed by atoms with van der Waals surface area (Å²) in [6.07, 6.45) is 3.85. The quantitative estimate of drug-likeness (QED) is 0.650. The third-order valence-corrected chi connectivity index (χ3v) is 6.35. The molecule has 1 amide bonds. The highest BCUT2D eigenvalue weighted by molar-refractivity contribution is 7.10. The number of aromatic nitrogens is 1. The molecule has 4 rings (SSSR count). The van der Waals surface area contributed by atoms with E-state index in [4.69, 9.17) is 0 Å². The summed E-state index contributed by atoms with van der Waals surface area (Å²) in [4.78, 5) is 20.9. The standard InChI is InChI=1S/C23H25N3O2S/c1-2-16-3-6-18(24-11-16)13-26-10-9-20-21(15-29-22(20)14-26)23(28)25-12-17-4-7-19(27)8-5-17/h3-8,11,15,27H,2,9-10,12-14H2,1H3,(H,25,28). The number of rotatable bonds is 6. The van der Waals surface area contributed by atoms with E-state index in [9.17, 15) is 9.90 Å². The molecule has 3 heterocycles. The Bertz CT molecular complexity index is 980. The molecule has 2 aromatic heterocycles. The highest BCUT2D eigenvalue weighted by Crippen LogP contribution is 2.29. The number of thiophene rings is 1. The summed E-state index contributed by atoms with van der Waals surface area (Å²) < 4.78 is 0. The monoisotopic (exact) mass is 407 g/mol. The Labute approximate surface area is 175 Å². The number of phenolic OH excluding ortho intramolecular Hbond substituents is 1. The molecule has 150 valence electrons. The second kappa shape index (κ2) is 8.76. The molecule has 1 aromatic carbocycles. The van der Waals surface area contributed by atoms with E-state index in [0.717, 1.165) is 49.3 Å². The van der Waals surface area contributed by atoms with Crippen molar-refractivity contribution < 1.29 is 9.90 Å². The fourth-order valence-corrected chi connectivity index (χ4v) is 4.71. The fraction of sp³-hybridized carbons (Fsp3) is 0.304. The SMILES string of the molecule is CCc1ccc(CN2CCc3c(C(=O)NCc4ccc(O)cc4)csc3C2)nc1. The molecular formula is C23H25N3O2S. The number of hydrogen-bond donors (Lipinski definition) is 2. The molecule has 0 saturated heterocycles. The van der Waals surface area contributed by atoms with Gasteiger partial charge in [-0.15, -0.1) is 11.3 Å². The lowest BCUT2D eigenvalue weighted by Gasteiger charge is -2.27. The highest BCUT2D eigenvalue weighted by atomic mass is 32.1. The van der Waals surface area contributed by atoms with Gasteiger partial charge in [-0.25, -0.2) is 0 Å². The van der Waals surface area contributed by atoms with E-state index in [1.54, 1.807) is 23.5 Å². The number of amides is 1. The van der Waals surface area contributed by atoms with Crippen LogP contribution in [0.3, 0.4) is 0 Å². The summed E-state index contributed by atoms with van der Waals surface area (Å²) in [5.41, 5.74) is 5.30.